The average molecular weight is 560 g/mol. The van der Waals surface area contributed by atoms with Crippen LogP contribution in [0.4, 0.5) is 10.1 Å². The third-order valence-electron chi connectivity index (χ3n) is 8.08. The molecular formula is C32H34FN3O5. The predicted octanol–water partition coefficient (Wildman–Crippen LogP) is 6.09. The number of nitrogens with two attached hydrogens (primary N) is 1. The zero-order chi connectivity index (χ0) is 28.1. The minimum Gasteiger partial charge on any atom is -0.470 e. The largest absolute Gasteiger partial charge is 0.470 e. The Bertz CT molecular complexity index is 1550. The number of hydrogen-bond donors (Lipinski definition) is 1. The van der Waals surface area contributed by atoms with Crippen LogP contribution in [-0.2, 0) is 18.9 Å². The number of nitrogens with zero attached hydrogens (tertiary/aromatic N) is 2. The summed E-state index contributed by atoms with van der Waals surface area (Å²) in [6.45, 7) is 5.24. The molecule has 5 heterocycles. The molecule has 0 aliphatic carbocycles. The first-order chi connectivity index (χ1) is 19.8. The van der Waals surface area contributed by atoms with Crippen LogP contribution in [0.5, 0.6) is 5.88 Å². The Morgan fingerprint density at radius 3 is 2.41 bits per heavy atom. The summed E-state index contributed by atoms with van der Waals surface area (Å²) in [5.74, 6) is -0.561. The zero-order valence-electron chi connectivity index (χ0n) is 23.2. The Morgan fingerprint density at radius 2 is 1.68 bits per heavy atom. The fourth-order valence-corrected chi connectivity index (χ4v) is 5.95. The Balaban J connectivity index is 1.24. The number of anilines is 1. The second-order valence-corrected chi connectivity index (χ2v) is 11.4. The highest BCUT2D eigenvalue weighted by Gasteiger charge is 2.47. The first-order valence-corrected chi connectivity index (χ1v) is 14.2. The first-order valence-electron chi connectivity index (χ1n) is 14.2. The number of rotatable bonds is 5. The van der Waals surface area contributed by atoms with E-state index in [0.717, 1.165) is 30.4 Å². The molecule has 3 saturated heterocycles. The summed E-state index contributed by atoms with van der Waals surface area (Å²) in [6, 6.07) is 18.8. The molecule has 9 heteroatoms. The number of hydrogen-bond acceptors (Lipinski definition) is 7. The van der Waals surface area contributed by atoms with E-state index in [1.54, 1.807) is 6.07 Å². The molecule has 8 nitrogen and oxygen atoms in total. The monoisotopic (exact) mass is 559 g/mol. The maximum absolute atomic E-state index is 15.7. The number of fused-ring (bicyclic) bond motifs is 2. The molecule has 0 amide bonds. The number of pyridine rings is 1. The van der Waals surface area contributed by atoms with Gasteiger partial charge in [-0.15, -0.1) is 0 Å². The molecule has 7 rings (SSSR count). The molecule has 0 spiro atoms. The molecule has 0 bridgehead atoms. The van der Waals surface area contributed by atoms with E-state index in [4.69, 9.17) is 34.4 Å². The van der Waals surface area contributed by atoms with Gasteiger partial charge in [0.2, 0.25) is 0 Å². The van der Waals surface area contributed by atoms with E-state index in [1.807, 2.05) is 73.0 Å². The van der Waals surface area contributed by atoms with Crippen molar-refractivity contribution in [2.75, 3.05) is 25.6 Å². The van der Waals surface area contributed by atoms with Gasteiger partial charge in [-0.1, -0.05) is 36.4 Å². The van der Waals surface area contributed by atoms with Gasteiger partial charge < -0.3 is 29.4 Å². The van der Waals surface area contributed by atoms with Crippen molar-refractivity contribution < 1.29 is 28.1 Å². The third-order valence-corrected chi connectivity index (χ3v) is 8.08. The van der Waals surface area contributed by atoms with Crippen molar-refractivity contribution in [3.63, 3.8) is 0 Å². The second-order valence-electron chi connectivity index (χ2n) is 11.4. The molecule has 2 N–H and O–H groups in total. The highest BCUT2D eigenvalue weighted by atomic mass is 19.1. The van der Waals surface area contributed by atoms with E-state index in [0.29, 0.717) is 48.0 Å². The Labute approximate surface area is 238 Å². The topological polar surface area (TPSA) is 90.0 Å². The van der Waals surface area contributed by atoms with Crippen molar-refractivity contribution in [1.29, 1.82) is 0 Å². The van der Waals surface area contributed by atoms with Crippen LogP contribution in [0.2, 0.25) is 0 Å². The Hall–Kier alpha value is -3.50. The van der Waals surface area contributed by atoms with Crippen molar-refractivity contribution in [3.8, 4) is 28.3 Å². The van der Waals surface area contributed by atoms with Gasteiger partial charge in [-0.05, 0) is 56.4 Å². The fourth-order valence-electron chi connectivity index (χ4n) is 5.95. The molecule has 0 radical (unpaired) electrons. The van der Waals surface area contributed by atoms with Gasteiger partial charge >= 0.3 is 0 Å². The molecule has 4 atom stereocenters. The van der Waals surface area contributed by atoms with Crippen molar-refractivity contribution >= 4 is 16.7 Å². The Kier molecular flexibility index (Phi) is 6.70. The lowest BCUT2D eigenvalue weighted by atomic mass is 10.0. The fraction of sp³-hybridized carbons (Fsp3) is 0.406. The number of ether oxygens (including phenoxy) is 5. The third kappa shape index (κ3) is 5.08. The molecule has 3 aliphatic heterocycles. The summed E-state index contributed by atoms with van der Waals surface area (Å²) in [7, 11) is 0. The van der Waals surface area contributed by atoms with Crippen LogP contribution in [0, 0.1) is 5.82 Å². The van der Waals surface area contributed by atoms with Gasteiger partial charge in [-0.3, -0.25) is 4.57 Å². The minimum atomic E-state index is -0.724. The molecule has 4 aromatic rings. The van der Waals surface area contributed by atoms with E-state index in [1.165, 1.54) is 0 Å². The lowest BCUT2D eigenvalue weighted by Crippen LogP contribution is -2.51. The first kappa shape index (κ1) is 26.4. The summed E-state index contributed by atoms with van der Waals surface area (Å²) in [5, 5.41) is 0. The van der Waals surface area contributed by atoms with Gasteiger partial charge in [-0.2, -0.15) is 0 Å². The number of nitrogen functional groups attached to an aromatic ring is 1. The smallest absolute Gasteiger partial charge is 0.198 e. The predicted molar refractivity (Wildman–Crippen MR) is 153 cm³/mol. The summed E-state index contributed by atoms with van der Waals surface area (Å²) in [6.07, 6.45) is 1.73. The lowest BCUT2D eigenvalue weighted by Gasteiger charge is -2.38. The van der Waals surface area contributed by atoms with Gasteiger partial charge in [0.05, 0.1) is 24.2 Å². The number of halogens is 1. The normalized spacial score (nSPS) is 25.7. The summed E-state index contributed by atoms with van der Waals surface area (Å²) >= 11 is 0. The van der Waals surface area contributed by atoms with Gasteiger partial charge in [0, 0.05) is 30.0 Å². The molecule has 3 unspecified atom stereocenters. The lowest BCUT2D eigenvalue weighted by molar-refractivity contribution is -0.299. The Morgan fingerprint density at radius 1 is 0.951 bits per heavy atom. The molecule has 0 saturated carbocycles. The SMILES string of the molecule is CC1(C)OCC2OCC(Oc3cc4nc(-c5ccc(-c6ccc(N)cc6)cc5)c(F)cc4n3C3CCCCO3)[C@H]2O1. The molecule has 2 aromatic heterocycles. The minimum absolute atomic E-state index is 0.199. The molecule has 3 aliphatic rings. The van der Waals surface area contributed by atoms with E-state index >= 15 is 4.39 Å². The molecule has 3 fully saturated rings. The second kappa shape index (κ2) is 10.4. The summed E-state index contributed by atoms with van der Waals surface area (Å²) in [5.41, 5.74) is 10.8. The van der Waals surface area contributed by atoms with E-state index in [-0.39, 0.29) is 30.2 Å². The molecule has 2 aromatic carbocycles. The number of benzene rings is 2. The van der Waals surface area contributed by atoms with E-state index in [2.05, 4.69) is 0 Å². The van der Waals surface area contributed by atoms with Crippen molar-refractivity contribution in [2.24, 2.45) is 0 Å². The maximum Gasteiger partial charge on any atom is 0.198 e. The van der Waals surface area contributed by atoms with Crippen molar-refractivity contribution in [1.82, 2.24) is 9.55 Å². The van der Waals surface area contributed by atoms with Gasteiger partial charge in [0.15, 0.2) is 23.6 Å². The van der Waals surface area contributed by atoms with Crippen LogP contribution >= 0.6 is 0 Å². The summed E-state index contributed by atoms with van der Waals surface area (Å²) < 4.78 is 48.3. The van der Waals surface area contributed by atoms with Crippen molar-refractivity contribution in [2.45, 2.75) is 63.4 Å². The zero-order valence-corrected chi connectivity index (χ0v) is 23.2. The molecular weight excluding hydrogens is 525 g/mol. The van der Waals surface area contributed by atoms with E-state index < -0.39 is 11.6 Å². The van der Waals surface area contributed by atoms with Crippen LogP contribution in [0.25, 0.3) is 33.4 Å². The summed E-state index contributed by atoms with van der Waals surface area (Å²) in [4.78, 5) is 4.78. The van der Waals surface area contributed by atoms with Crippen LogP contribution in [0.15, 0.2) is 60.7 Å². The van der Waals surface area contributed by atoms with Crippen LogP contribution in [0.1, 0.15) is 39.3 Å². The van der Waals surface area contributed by atoms with Gasteiger partial charge in [0.1, 0.15) is 24.1 Å². The highest BCUT2D eigenvalue weighted by molar-refractivity contribution is 5.82. The van der Waals surface area contributed by atoms with Gasteiger partial charge in [0.25, 0.3) is 0 Å². The molecule has 41 heavy (non-hydrogen) atoms. The average Bonchev–Trinajstić information content (AvgIpc) is 3.53. The van der Waals surface area contributed by atoms with Crippen LogP contribution < -0.4 is 10.5 Å². The van der Waals surface area contributed by atoms with Gasteiger partial charge in [-0.25, -0.2) is 9.37 Å². The molecule has 214 valence electrons. The number of aromatic nitrogens is 2. The van der Waals surface area contributed by atoms with Crippen LogP contribution in [-0.4, -0.2) is 53.5 Å². The van der Waals surface area contributed by atoms with Crippen molar-refractivity contribution in [3.05, 3.63) is 66.5 Å². The highest BCUT2D eigenvalue weighted by Crippen LogP contribution is 2.39. The quantitative estimate of drug-likeness (QED) is 0.296. The van der Waals surface area contributed by atoms with E-state index in [9.17, 15) is 0 Å². The maximum atomic E-state index is 15.7. The van der Waals surface area contributed by atoms with Crippen LogP contribution in [0.3, 0.4) is 0 Å². The standard InChI is InChI=1S/C32H34FN3O5/c1-32(2)39-18-26-31(41-32)27(17-38-26)40-29-16-24-25(36(29)28-5-3-4-14-37-28)15-23(33)30(35-24)21-8-6-19(7-9-21)20-10-12-22(34)13-11-20/h6-13,15-16,26-28,31H,3-5,14,17-18,34H2,1-2H3/t26?,27?,28?,31-/m0/s1.